The minimum absolute atomic E-state index is 0.507. The number of halogens is 1. The number of hydrogen-bond donors (Lipinski definition) is 1. The van der Waals surface area contributed by atoms with Crippen molar-refractivity contribution >= 4 is 22.5 Å². The second kappa shape index (κ2) is 3.01. The maximum atomic E-state index is 5.93. The molecule has 68 valence electrons. The van der Waals surface area contributed by atoms with Crippen molar-refractivity contribution in [3.8, 4) is 0 Å². The van der Waals surface area contributed by atoms with Crippen LogP contribution in [0, 0.1) is 0 Å². The molecule has 2 N–H and O–H groups in total. The number of para-hydroxylation sites is 1. The molecule has 0 unspecified atom stereocenters. The topological polar surface area (TPSA) is 43.8 Å². The summed E-state index contributed by atoms with van der Waals surface area (Å²) < 4.78 is 1.76. The molecule has 0 atom stereocenters. The van der Waals surface area contributed by atoms with E-state index in [-0.39, 0.29) is 0 Å². The molecule has 0 fully saturated rings. The molecule has 0 bridgehead atoms. The smallest absolute Gasteiger partial charge is 0.158 e. The summed E-state index contributed by atoms with van der Waals surface area (Å²) in [5, 5.41) is 5.63. The number of fused-ring (bicyclic) bond motifs is 1. The van der Waals surface area contributed by atoms with Crippen LogP contribution in [0.15, 0.2) is 18.2 Å². The lowest BCUT2D eigenvalue weighted by atomic mass is 10.1. The Morgan fingerprint density at radius 1 is 1.54 bits per heavy atom. The third kappa shape index (κ3) is 1.20. The molecule has 4 heteroatoms. The van der Waals surface area contributed by atoms with Gasteiger partial charge in [-0.3, -0.25) is 4.68 Å². The van der Waals surface area contributed by atoms with Crippen molar-refractivity contribution in [3.63, 3.8) is 0 Å². The number of aromatic nitrogens is 2. The summed E-state index contributed by atoms with van der Waals surface area (Å²) >= 11 is 5.93. The van der Waals surface area contributed by atoms with Crippen LogP contribution >= 0.6 is 11.6 Å². The number of nitrogens with zero attached hydrogens (tertiary/aromatic N) is 2. The standard InChI is InChI=1S/C9H10ClN3/c1-13-8-6(5-11)3-2-4-7(8)9(10)12-13/h2-4H,5,11H2,1H3. The van der Waals surface area contributed by atoms with Crippen molar-refractivity contribution in [2.75, 3.05) is 0 Å². The zero-order valence-electron chi connectivity index (χ0n) is 7.29. The molecule has 1 aromatic carbocycles. The van der Waals surface area contributed by atoms with E-state index in [9.17, 15) is 0 Å². The second-order valence-corrected chi connectivity index (χ2v) is 3.29. The van der Waals surface area contributed by atoms with Crippen LogP contribution in [0.1, 0.15) is 5.56 Å². The monoisotopic (exact) mass is 195 g/mol. The third-order valence-corrected chi connectivity index (χ3v) is 2.40. The SMILES string of the molecule is Cn1nc(Cl)c2cccc(CN)c21. The van der Waals surface area contributed by atoms with E-state index in [1.807, 2.05) is 25.2 Å². The van der Waals surface area contributed by atoms with E-state index in [4.69, 9.17) is 17.3 Å². The van der Waals surface area contributed by atoms with Gasteiger partial charge in [0.25, 0.3) is 0 Å². The fourth-order valence-corrected chi connectivity index (χ4v) is 1.81. The van der Waals surface area contributed by atoms with Crippen molar-refractivity contribution in [2.24, 2.45) is 12.8 Å². The molecule has 0 saturated heterocycles. The van der Waals surface area contributed by atoms with Crippen molar-refractivity contribution < 1.29 is 0 Å². The minimum Gasteiger partial charge on any atom is -0.326 e. The Bertz CT molecular complexity index is 447. The Labute approximate surface area is 81.1 Å². The van der Waals surface area contributed by atoms with Crippen LogP contribution in [0.2, 0.25) is 5.15 Å². The van der Waals surface area contributed by atoms with E-state index in [1.165, 1.54) is 0 Å². The lowest BCUT2D eigenvalue weighted by Crippen LogP contribution is -2.00. The minimum atomic E-state index is 0.507. The highest BCUT2D eigenvalue weighted by Crippen LogP contribution is 2.24. The zero-order chi connectivity index (χ0) is 9.42. The van der Waals surface area contributed by atoms with E-state index >= 15 is 0 Å². The maximum Gasteiger partial charge on any atom is 0.158 e. The molecular weight excluding hydrogens is 186 g/mol. The first-order valence-corrected chi connectivity index (χ1v) is 4.42. The van der Waals surface area contributed by atoms with E-state index in [0.29, 0.717) is 11.7 Å². The van der Waals surface area contributed by atoms with Gasteiger partial charge in [0.05, 0.1) is 5.52 Å². The molecule has 0 aliphatic carbocycles. The van der Waals surface area contributed by atoms with Gasteiger partial charge in [-0.2, -0.15) is 5.10 Å². The molecule has 0 aliphatic heterocycles. The first kappa shape index (κ1) is 8.53. The van der Waals surface area contributed by atoms with Crippen molar-refractivity contribution in [3.05, 3.63) is 28.9 Å². The zero-order valence-corrected chi connectivity index (χ0v) is 8.04. The summed E-state index contributed by atoms with van der Waals surface area (Å²) in [6.45, 7) is 0.507. The summed E-state index contributed by atoms with van der Waals surface area (Å²) in [6, 6.07) is 5.88. The van der Waals surface area contributed by atoms with Crippen molar-refractivity contribution in [2.45, 2.75) is 6.54 Å². The highest BCUT2D eigenvalue weighted by atomic mass is 35.5. The molecule has 1 aromatic heterocycles. The molecule has 0 aliphatic rings. The summed E-state index contributed by atoms with van der Waals surface area (Å²) in [4.78, 5) is 0. The first-order chi connectivity index (χ1) is 6.24. The lowest BCUT2D eigenvalue weighted by Gasteiger charge is -2.00. The molecule has 2 aromatic rings. The van der Waals surface area contributed by atoms with Crippen LogP contribution in [0.4, 0.5) is 0 Å². The predicted octanol–water partition coefficient (Wildman–Crippen LogP) is 1.69. The van der Waals surface area contributed by atoms with Gasteiger partial charge < -0.3 is 5.73 Å². The van der Waals surface area contributed by atoms with Crippen LogP contribution in [-0.2, 0) is 13.6 Å². The summed E-state index contributed by atoms with van der Waals surface area (Å²) in [6.07, 6.45) is 0. The van der Waals surface area contributed by atoms with Gasteiger partial charge >= 0.3 is 0 Å². The second-order valence-electron chi connectivity index (χ2n) is 2.93. The lowest BCUT2D eigenvalue weighted by molar-refractivity contribution is 0.792. The maximum absolute atomic E-state index is 5.93. The van der Waals surface area contributed by atoms with E-state index in [1.54, 1.807) is 4.68 Å². The van der Waals surface area contributed by atoms with Crippen LogP contribution in [0.5, 0.6) is 0 Å². The number of aryl methyl sites for hydroxylation is 1. The highest BCUT2D eigenvalue weighted by molar-refractivity contribution is 6.34. The van der Waals surface area contributed by atoms with Gasteiger partial charge in [-0.25, -0.2) is 0 Å². The quantitative estimate of drug-likeness (QED) is 0.753. The van der Waals surface area contributed by atoms with Crippen molar-refractivity contribution in [1.29, 1.82) is 0 Å². The van der Waals surface area contributed by atoms with E-state index < -0.39 is 0 Å². The Balaban J connectivity index is 2.88. The third-order valence-electron chi connectivity index (χ3n) is 2.12. The van der Waals surface area contributed by atoms with Gasteiger partial charge in [0, 0.05) is 19.0 Å². The van der Waals surface area contributed by atoms with Crippen LogP contribution in [0.3, 0.4) is 0 Å². The fraction of sp³-hybridized carbons (Fsp3) is 0.222. The highest BCUT2D eigenvalue weighted by Gasteiger charge is 2.08. The van der Waals surface area contributed by atoms with Gasteiger partial charge in [0.15, 0.2) is 5.15 Å². The number of nitrogens with two attached hydrogens (primary N) is 1. The number of hydrogen-bond acceptors (Lipinski definition) is 2. The van der Waals surface area contributed by atoms with Gasteiger partial charge in [-0.15, -0.1) is 0 Å². The molecule has 1 heterocycles. The normalized spacial score (nSPS) is 11.0. The Morgan fingerprint density at radius 2 is 2.31 bits per heavy atom. The molecule has 0 amide bonds. The van der Waals surface area contributed by atoms with Crippen molar-refractivity contribution in [1.82, 2.24) is 9.78 Å². The Kier molecular flexibility index (Phi) is 1.98. The molecular formula is C9H10ClN3. The largest absolute Gasteiger partial charge is 0.326 e. The van der Waals surface area contributed by atoms with E-state index in [2.05, 4.69) is 5.10 Å². The average Bonchev–Trinajstić information content (AvgIpc) is 2.43. The number of benzene rings is 1. The van der Waals surface area contributed by atoms with Gasteiger partial charge in [-0.05, 0) is 11.6 Å². The van der Waals surface area contributed by atoms with Crippen LogP contribution in [-0.4, -0.2) is 9.78 Å². The molecule has 2 rings (SSSR count). The molecule has 0 radical (unpaired) electrons. The van der Waals surface area contributed by atoms with Crippen LogP contribution in [0.25, 0.3) is 10.9 Å². The first-order valence-electron chi connectivity index (χ1n) is 4.04. The summed E-state index contributed by atoms with van der Waals surface area (Å²) in [7, 11) is 1.87. The van der Waals surface area contributed by atoms with Gasteiger partial charge in [0.1, 0.15) is 0 Å². The molecule has 0 saturated carbocycles. The predicted molar refractivity (Wildman–Crippen MR) is 53.6 cm³/mol. The van der Waals surface area contributed by atoms with Crippen LogP contribution < -0.4 is 5.73 Å². The van der Waals surface area contributed by atoms with Gasteiger partial charge in [-0.1, -0.05) is 23.7 Å². The average molecular weight is 196 g/mol. The fourth-order valence-electron chi connectivity index (χ4n) is 1.54. The van der Waals surface area contributed by atoms with E-state index in [0.717, 1.165) is 16.5 Å². The molecule has 3 nitrogen and oxygen atoms in total. The summed E-state index contributed by atoms with van der Waals surface area (Å²) in [5.41, 5.74) is 7.70. The Hall–Kier alpha value is -1.06. The van der Waals surface area contributed by atoms with Gasteiger partial charge in [0.2, 0.25) is 0 Å². The molecule has 13 heavy (non-hydrogen) atoms. The number of rotatable bonds is 1. The Morgan fingerprint density at radius 3 is 3.00 bits per heavy atom. The molecule has 0 spiro atoms. The summed E-state index contributed by atoms with van der Waals surface area (Å²) in [5.74, 6) is 0.